The van der Waals surface area contributed by atoms with E-state index >= 15 is 0 Å². The van der Waals surface area contributed by atoms with Crippen LogP contribution in [-0.4, -0.2) is 34.1 Å². The van der Waals surface area contributed by atoms with E-state index in [-0.39, 0.29) is 11.6 Å². The van der Waals surface area contributed by atoms with Crippen LogP contribution in [0.15, 0.2) is 36.0 Å². The second kappa shape index (κ2) is 5.80. The zero-order chi connectivity index (χ0) is 17.6. The van der Waals surface area contributed by atoms with E-state index in [0.717, 1.165) is 17.6 Å². The smallest absolute Gasteiger partial charge is 0.278 e. The molecule has 128 valence electrons. The predicted octanol–water partition coefficient (Wildman–Crippen LogP) is 2.09. The fraction of sp³-hybridized carbons (Fsp3) is 0.353. The Labute approximate surface area is 143 Å². The first kappa shape index (κ1) is 15.5. The van der Waals surface area contributed by atoms with Gasteiger partial charge in [-0.25, -0.2) is 19.5 Å². The van der Waals surface area contributed by atoms with Crippen LogP contribution in [0, 0.1) is 0 Å². The van der Waals surface area contributed by atoms with Gasteiger partial charge in [-0.15, -0.1) is 0 Å². The van der Waals surface area contributed by atoms with Crippen LogP contribution in [0.4, 0.5) is 0 Å². The minimum Gasteiger partial charge on any atom is -0.312 e. The Kier molecular flexibility index (Phi) is 3.60. The van der Waals surface area contributed by atoms with E-state index < -0.39 is 0 Å². The third-order valence-electron chi connectivity index (χ3n) is 4.50. The van der Waals surface area contributed by atoms with Gasteiger partial charge in [0.25, 0.3) is 5.56 Å². The Bertz CT molecular complexity index is 1110. The number of fused-ring (bicyclic) bond motifs is 2. The predicted molar refractivity (Wildman–Crippen MR) is 93.6 cm³/mol. The van der Waals surface area contributed by atoms with Gasteiger partial charge < -0.3 is 9.55 Å². The van der Waals surface area contributed by atoms with Crippen LogP contribution < -0.4 is 5.56 Å². The highest BCUT2D eigenvalue weighted by atomic mass is 16.1. The van der Waals surface area contributed by atoms with E-state index in [9.17, 15) is 4.79 Å². The Hall–Kier alpha value is -3.03. The third kappa shape index (κ3) is 2.50. The molecular formula is C17H19N7O. The Morgan fingerprint density at radius 2 is 2.08 bits per heavy atom. The van der Waals surface area contributed by atoms with Crippen LogP contribution in [-0.2, 0) is 6.42 Å². The van der Waals surface area contributed by atoms with Crippen LogP contribution in [0.3, 0.4) is 0 Å². The van der Waals surface area contributed by atoms with Crippen LogP contribution >= 0.6 is 0 Å². The number of aromatic amines is 1. The quantitative estimate of drug-likeness (QED) is 0.615. The van der Waals surface area contributed by atoms with E-state index in [1.54, 1.807) is 12.7 Å². The average molecular weight is 337 g/mol. The van der Waals surface area contributed by atoms with Gasteiger partial charge in [-0.2, -0.15) is 5.10 Å². The second-order valence-corrected chi connectivity index (χ2v) is 6.56. The van der Waals surface area contributed by atoms with E-state index in [1.807, 2.05) is 15.3 Å². The van der Waals surface area contributed by atoms with Crippen LogP contribution in [0.5, 0.6) is 0 Å². The number of H-pyrrole nitrogens is 1. The van der Waals surface area contributed by atoms with Crippen molar-refractivity contribution in [1.82, 2.24) is 34.1 Å². The summed E-state index contributed by atoms with van der Waals surface area (Å²) in [6.45, 7) is 6.39. The van der Waals surface area contributed by atoms with Crippen molar-refractivity contribution in [2.24, 2.45) is 0 Å². The molecule has 4 aromatic rings. The summed E-state index contributed by atoms with van der Waals surface area (Å²) in [5.74, 6) is 0.362. The third-order valence-corrected chi connectivity index (χ3v) is 4.50. The summed E-state index contributed by atoms with van der Waals surface area (Å²) < 4.78 is 3.89. The van der Waals surface area contributed by atoms with Gasteiger partial charge in [0.05, 0.1) is 24.4 Å². The van der Waals surface area contributed by atoms with E-state index in [2.05, 4.69) is 51.9 Å². The zero-order valence-electron chi connectivity index (χ0n) is 14.3. The molecule has 0 spiro atoms. The van der Waals surface area contributed by atoms with Crippen molar-refractivity contribution in [3.8, 4) is 0 Å². The topological polar surface area (TPSA) is 93.8 Å². The van der Waals surface area contributed by atoms with Crippen LogP contribution in [0.1, 0.15) is 44.0 Å². The normalized spacial score (nSPS) is 13.1. The maximum atomic E-state index is 11.8. The highest BCUT2D eigenvalue weighted by Crippen LogP contribution is 2.26. The summed E-state index contributed by atoms with van der Waals surface area (Å²) in [6.07, 6.45) is 7.26. The lowest BCUT2D eigenvalue weighted by Crippen LogP contribution is -2.11. The van der Waals surface area contributed by atoms with Crippen molar-refractivity contribution < 1.29 is 0 Å². The van der Waals surface area contributed by atoms with Crippen molar-refractivity contribution in [2.45, 2.75) is 39.2 Å². The van der Waals surface area contributed by atoms with Gasteiger partial charge in [0.15, 0.2) is 11.2 Å². The monoisotopic (exact) mass is 337 g/mol. The lowest BCUT2D eigenvalue weighted by Gasteiger charge is -2.13. The first-order valence-electron chi connectivity index (χ1n) is 8.27. The first-order chi connectivity index (χ1) is 12.1. The van der Waals surface area contributed by atoms with Gasteiger partial charge >= 0.3 is 0 Å². The lowest BCUT2D eigenvalue weighted by molar-refractivity contribution is 0.557. The van der Waals surface area contributed by atoms with Gasteiger partial charge in [-0.1, -0.05) is 13.8 Å². The molecule has 4 rings (SSSR count). The molecule has 8 nitrogen and oxygen atoms in total. The number of nitrogens with zero attached hydrogens (tertiary/aromatic N) is 6. The largest absolute Gasteiger partial charge is 0.312 e. The van der Waals surface area contributed by atoms with E-state index in [4.69, 9.17) is 0 Å². The van der Waals surface area contributed by atoms with Gasteiger partial charge in [-0.05, 0) is 30.9 Å². The van der Waals surface area contributed by atoms with Crippen molar-refractivity contribution in [2.75, 3.05) is 0 Å². The number of nitrogens with one attached hydrogen (secondary N) is 1. The summed E-state index contributed by atoms with van der Waals surface area (Å²) in [5.41, 5.74) is 4.07. The minimum atomic E-state index is -0.222. The number of rotatable bonds is 4. The van der Waals surface area contributed by atoms with Gasteiger partial charge in [0, 0.05) is 11.7 Å². The molecule has 25 heavy (non-hydrogen) atoms. The average Bonchev–Trinajstić information content (AvgIpc) is 3.18. The van der Waals surface area contributed by atoms with Gasteiger partial charge in [-0.3, -0.25) is 4.79 Å². The fourth-order valence-electron chi connectivity index (χ4n) is 3.22. The number of aromatic nitrogens is 7. The van der Waals surface area contributed by atoms with Gasteiger partial charge in [0.1, 0.15) is 6.33 Å². The van der Waals surface area contributed by atoms with Gasteiger partial charge in [0.2, 0.25) is 0 Å². The molecule has 0 bridgehead atoms. The number of hydrogen-bond donors (Lipinski definition) is 1. The molecule has 0 aliphatic rings. The molecule has 0 amide bonds. The summed E-state index contributed by atoms with van der Waals surface area (Å²) in [7, 11) is 0. The molecule has 0 saturated carbocycles. The van der Waals surface area contributed by atoms with E-state index in [1.165, 1.54) is 11.9 Å². The van der Waals surface area contributed by atoms with Crippen molar-refractivity contribution in [3.05, 3.63) is 52.9 Å². The maximum Gasteiger partial charge on any atom is 0.278 e. The molecule has 4 aromatic heterocycles. The van der Waals surface area contributed by atoms with Crippen LogP contribution in [0.25, 0.3) is 16.7 Å². The molecule has 0 saturated heterocycles. The highest BCUT2D eigenvalue weighted by Gasteiger charge is 2.18. The zero-order valence-corrected chi connectivity index (χ0v) is 14.3. The standard InChI is InChI=1S/C17H19N7O/c1-10(2)13-5-12(14-6-18-7-22-24(13)14)4-11(3)23-9-21-15-16(23)19-8-20-17(15)25/h5-11H,4H2,1-3H3,(H,19,20,25). The molecule has 0 fully saturated rings. The maximum absolute atomic E-state index is 11.8. The molecule has 8 heteroatoms. The number of hydrogen-bond acceptors (Lipinski definition) is 5. The van der Waals surface area contributed by atoms with E-state index in [0.29, 0.717) is 17.1 Å². The molecule has 0 aliphatic heterocycles. The Morgan fingerprint density at radius 1 is 1.24 bits per heavy atom. The molecule has 0 aromatic carbocycles. The molecule has 0 aliphatic carbocycles. The lowest BCUT2D eigenvalue weighted by atomic mass is 10.1. The minimum absolute atomic E-state index is 0.0886. The molecule has 1 unspecified atom stereocenters. The molecule has 4 heterocycles. The van der Waals surface area contributed by atoms with Crippen molar-refractivity contribution in [3.63, 3.8) is 0 Å². The Balaban J connectivity index is 1.76. The number of imidazole rings is 1. The highest BCUT2D eigenvalue weighted by molar-refractivity contribution is 5.69. The fourth-order valence-corrected chi connectivity index (χ4v) is 3.22. The molecule has 1 N–H and O–H groups in total. The van der Waals surface area contributed by atoms with Crippen LogP contribution in [0.2, 0.25) is 0 Å². The molecule has 0 radical (unpaired) electrons. The Morgan fingerprint density at radius 3 is 2.88 bits per heavy atom. The summed E-state index contributed by atoms with van der Waals surface area (Å²) in [5, 5.41) is 4.38. The van der Waals surface area contributed by atoms with Crippen molar-refractivity contribution in [1.29, 1.82) is 0 Å². The summed E-state index contributed by atoms with van der Waals surface area (Å²) in [6, 6.07) is 2.27. The van der Waals surface area contributed by atoms with Crippen molar-refractivity contribution >= 4 is 16.7 Å². The summed E-state index contributed by atoms with van der Waals surface area (Å²) in [4.78, 5) is 27.0. The molecule has 1 atom stereocenters. The second-order valence-electron chi connectivity index (χ2n) is 6.56. The first-order valence-corrected chi connectivity index (χ1v) is 8.27. The molecular weight excluding hydrogens is 318 g/mol. The SMILES string of the molecule is CC(C)c1cc(CC(C)n2cnc3c(=O)[nH]cnc32)c2cncnn12. The summed E-state index contributed by atoms with van der Waals surface area (Å²) >= 11 is 0.